The number of rotatable bonds is 6. The van der Waals surface area contributed by atoms with Gasteiger partial charge in [0.05, 0.1) is 33.4 Å². The summed E-state index contributed by atoms with van der Waals surface area (Å²) < 4.78 is 12.6. The zero-order chi connectivity index (χ0) is 26.2. The van der Waals surface area contributed by atoms with Gasteiger partial charge in [0.1, 0.15) is 16.2 Å². The number of amides is 1. The number of nitrogens with zero attached hydrogens (tertiary/aromatic N) is 2. The van der Waals surface area contributed by atoms with E-state index in [0.29, 0.717) is 22.4 Å². The Morgan fingerprint density at radius 3 is 2.51 bits per heavy atom. The monoisotopic (exact) mass is 570 g/mol. The van der Waals surface area contributed by atoms with Crippen molar-refractivity contribution in [2.75, 3.05) is 18.1 Å². The van der Waals surface area contributed by atoms with E-state index in [0.717, 1.165) is 37.8 Å². The van der Waals surface area contributed by atoms with Gasteiger partial charge in [-0.3, -0.25) is 9.69 Å². The number of hydrogen-bond donors (Lipinski definition) is 0. The molecule has 2 heterocycles. The first-order valence-electron chi connectivity index (χ1n) is 11.7. The molecule has 1 aliphatic heterocycles. The predicted octanol–water partition coefficient (Wildman–Crippen LogP) is 8.08. The first-order valence-corrected chi connectivity index (χ1v) is 14.6. The van der Waals surface area contributed by atoms with Crippen LogP contribution in [-0.4, -0.2) is 19.1 Å². The Hall–Kier alpha value is -2.84. The highest BCUT2D eigenvalue weighted by molar-refractivity contribution is 7.68. The molecule has 0 unspecified atom stereocenters. The maximum atomic E-state index is 13.7. The Labute approximate surface area is 232 Å². The van der Waals surface area contributed by atoms with Gasteiger partial charge >= 0.3 is 0 Å². The van der Waals surface area contributed by atoms with Crippen molar-refractivity contribution in [2.24, 2.45) is 4.99 Å². The van der Waals surface area contributed by atoms with Gasteiger partial charge in [-0.15, -0.1) is 0 Å². The van der Waals surface area contributed by atoms with Crippen molar-refractivity contribution in [3.05, 3.63) is 86.3 Å². The molecular weight excluding hydrogens is 547 g/mol. The zero-order valence-corrected chi connectivity index (χ0v) is 23.6. The van der Waals surface area contributed by atoms with E-state index in [9.17, 15) is 4.79 Å². The lowest BCUT2D eigenvalue weighted by Crippen LogP contribution is -2.50. The third-order valence-corrected chi connectivity index (χ3v) is 9.19. The molecule has 0 bridgehead atoms. The van der Waals surface area contributed by atoms with E-state index in [-0.39, 0.29) is 12.5 Å². The molecule has 9 heteroatoms. The average molecular weight is 572 g/mol. The van der Waals surface area contributed by atoms with E-state index in [1.54, 1.807) is 43.8 Å². The molecule has 0 fully saturated rings. The SMILES string of the molecule is CCOc1ccc2c(c1)-c1c(ssc1=Nc1ccccc1)C(C)(C)N2C(=O)COc1ccc(Cl)cc1Cl. The van der Waals surface area contributed by atoms with Crippen LogP contribution in [0.2, 0.25) is 10.0 Å². The molecule has 4 aromatic rings. The summed E-state index contributed by atoms with van der Waals surface area (Å²) in [5.41, 5.74) is 2.97. The van der Waals surface area contributed by atoms with Crippen LogP contribution in [0.1, 0.15) is 25.6 Å². The second-order valence-corrected chi connectivity index (χ2v) is 11.9. The second kappa shape index (κ2) is 10.5. The van der Waals surface area contributed by atoms with Crippen molar-refractivity contribution in [2.45, 2.75) is 26.3 Å². The van der Waals surface area contributed by atoms with Crippen molar-refractivity contribution in [3.63, 3.8) is 0 Å². The van der Waals surface area contributed by atoms with Gasteiger partial charge in [-0.1, -0.05) is 62.1 Å². The first kappa shape index (κ1) is 25.8. The first-order chi connectivity index (χ1) is 17.8. The Morgan fingerprint density at radius 1 is 1.00 bits per heavy atom. The van der Waals surface area contributed by atoms with Crippen molar-refractivity contribution < 1.29 is 14.3 Å². The number of fused-ring (bicyclic) bond motifs is 3. The summed E-state index contributed by atoms with van der Waals surface area (Å²) >= 11 is 12.3. The molecule has 1 aliphatic rings. The molecule has 5 nitrogen and oxygen atoms in total. The second-order valence-electron chi connectivity index (χ2n) is 8.89. The summed E-state index contributed by atoms with van der Waals surface area (Å²) in [5.74, 6) is 0.960. The number of anilines is 1. The lowest BCUT2D eigenvalue weighted by molar-refractivity contribution is -0.121. The molecule has 0 aliphatic carbocycles. The molecule has 0 saturated heterocycles. The van der Waals surface area contributed by atoms with E-state index in [2.05, 4.69) is 0 Å². The van der Waals surface area contributed by atoms with Gasteiger partial charge in [-0.05, 0) is 69.3 Å². The Morgan fingerprint density at radius 2 is 1.78 bits per heavy atom. The minimum Gasteiger partial charge on any atom is -0.494 e. The number of hydrogen-bond acceptors (Lipinski definition) is 6. The van der Waals surface area contributed by atoms with Crippen LogP contribution < -0.4 is 19.0 Å². The minimum atomic E-state index is -0.634. The number of ether oxygens (including phenoxy) is 2. The Bertz CT molecular complexity index is 1530. The van der Waals surface area contributed by atoms with Crippen LogP contribution in [0, 0.1) is 0 Å². The third kappa shape index (κ3) is 5.01. The molecular formula is C28H24Cl2N2O3S2. The van der Waals surface area contributed by atoms with Crippen LogP contribution in [0.25, 0.3) is 11.1 Å². The van der Waals surface area contributed by atoms with Crippen LogP contribution in [0.5, 0.6) is 11.5 Å². The fraction of sp³-hybridized carbons (Fsp3) is 0.214. The van der Waals surface area contributed by atoms with Crippen LogP contribution in [0.3, 0.4) is 0 Å². The summed E-state index contributed by atoms with van der Waals surface area (Å²) in [6, 6.07) is 20.6. The van der Waals surface area contributed by atoms with E-state index in [4.69, 9.17) is 37.7 Å². The Kier molecular flexibility index (Phi) is 7.32. The molecule has 0 saturated carbocycles. The van der Waals surface area contributed by atoms with Crippen molar-refractivity contribution in [1.82, 2.24) is 0 Å². The average Bonchev–Trinajstić information content (AvgIpc) is 3.29. The number of benzene rings is 3. The molecule has 190 valence electrons. The summed E-state index contributed by atoms with van der Waals surface area (Å²) in [4.78, 5) is 21.5. The molecule has 0 radical (unpaired) electrons. The van der Waals surface area contributed by atoms with Gasteiger partial charge in [0.2, 0.25) is 0 Å². The highest BCUT2D eigenvalue weighted by Crippen LogP contribution is 2.50. The van der Waals surface area contributed by atoms with E-state index >= 15 is 0 Å². The lowest BCUT2D eigenvalue weighted by atomic mass is 9.87. The standard InChI is InChI=1S/C28H24Cl2N2O3S2/c1-4-34-19-11-12-22-20(15-19)25-26(36-37-27(25)31-18-8-6-5-7-9-18)28(2,3)32(22)24(33)16-35-23-13-10-17(29)14-21(23)30/h5-15H,4,16H2,1-3H3. The molecule has 3 aromatic carbocycles. The fourth-order valence-corrected chi connectivity index (χ4v) is 7.84. The largest absolute Gasteiger partial charge is 0.494 e. The summed E-state index contributed by atoms with van der Waals surface area (Å²) in [7, 11) is 3.24. The minimum absolute atomic E-state index is 0.178. The topological polar surface area (TPSA) is 51.1 Å². The molecule has 0 atom stereocenters. The summed E-state index contributed by atoms with van der Waals surface area (Å²) in [6.07, 6.45) is 0. The Balaban J connectivity index is 1.59. The normalized spacial score (nSPS) is 14.2. The van der Waals surface area contributed by atoms with Gasteiger partial charge in [0.15, 0.2) is 6.61 Å². The smallest absolute Gasteiger partial charge is 0.265 e. The molecule has 5 rings (SSSR count). The van der Waals surface area contributed by atoms with Crippen LogP contribution >= 0.6 is 43.9 Å². The molecule has 0 spiro atoms. The quantitative estimate of drug-likeness (QED) is 0.220. The third-order valence-electron chi connectivity index (χ3n) is 6.03. The summed E-state index contributed by atoms with van der Waals surface area (Å²) in [5, 5.41) is 0.859. The van der Waals surface area contributed by atoms with Crippen LogP contribution in [-0.2, 0) is 10.3 Å². The van der Waals surface area contributed by atoms with Crippen LogP contribution in [0.15, 0.2) is 71.7 Å². The van der Waals surface area contributed by atoms with Crippen molar-refractivity contribution in [3.8, 4) is 22.6 Å². The van der Waals surface area contributed by atoms with Gasteiger partial charge in [-0.25, -0.2) is 4.99 Å². The zero-order valence-electron chi connectivity index (χ0n) is 20.5. The van der Waals surface area contributed by atoms with Gasteiger partial charge < -0.3 is 9.47 Å². The fourth-order valence-electron chi connectivity index (χ4n) is 4.41. The van der Waals surface area contributed by atoms with Gasteiger partial charge in [0, 0.05) is 16.1 Å². The highest BCUT2D eigenvalue weighted by Gasteiger charge is 2.43. The number of carbonyl (C=O) groups is 1. The summed E-state index contributed by atoms with van der Waals surface area (Å²) in [6.45, 7) is 6.42. The highest BCUT2D eigenvalue weighted by atomic mass is 35.5. The predicted molar refractivity (Wildman–Crippen MR) is 153 cm³/mol. The van der Waals surface area contributed by atoms with E-state index in [1.807, 2.05) is 69.3 Å². The van der Waals surface area contributed by atoms with E-state index in [1.165, 1.54) is 0 Å². The maximum Gasteiger partial charge on any atom is 0.265 e. The number of halogens is 2. The molecule has 1 amide bonds. The van der Waals surface area contributed by atoms with Crippen molar-refractivity contribution >= 4 is 61.2 Å². The lowest BCUT2D eigenvalue weighted by Gasteiger charge is -2.42. The van der Waals surface area contributed by atoms with Crippen LogP contribution in [0.4, 0.5) is 11.4 Å². The number of para-hydroxylation sites is 1. The van der Waals surface area contributed by atoms with Crippen molar-refractivity contribution in [1.29, 1.82) is 0 Å². The van der Waals surface area contributed by atoms with Gasteiger partial charge in [-0.2, -0.15) is 0 Å². The number of carbonyl (C=O) groups excluding carboxylic acids is 1. The molecule has 37 heavy (non-hydrogen) atoms. The maximum absolute atomic E-state index is 13.7. The van der Waals surface area contributed by atoms with E-state index < -0.39 is 5.54 Å². The van der Waals surface area contributed by atoms with Gasteiger partial charge in [0.25, 0.3) is 5.91 Å². The molecule has 0 N–H and O–H groups in total. The molecule has 1 aromatic heterocycles.